The largest absolute Gasteiger partial charge is 0.396 e. The second-order valence-corrected chi connectivity index (χ2v) is 8.88. The lowest BCUT2D eigenvalue weighted by atomic mass is 9.48. The van der Waals surface area contributed by atoms with Crippen LogP contribution in [-0.4, -0.2) is 9.78 Å². The summed E-state index contributed by atoms with van der Waals surface area (Å²) in [7, 11) is 0. The molecule has 4 aliphatic rings. The molecule has 2 N–H and O–H groups in total. The van der Waals surface area contributed by atoms with E-state index in [9.17, 15) is 0 Å². The van der Waals surface area contributed by atoms with E-state index < -0.39 is 0 Å². The van der Waals surface area contributed by atoms with Gasteiger partial charge in [0.05, 0.1) is 18.4 Å². The van der Waals surface area contributed by atoms with Crippen LogP contribution in [0.1, 0.15) is 49.7 Å². The van der Waals surface area contributed by atoms with Crippen molar-refractivity contribution in [2.45, 2.75) is 50.5 Å². The Morgan fingerprint density at radius 1 is 1.12 bits per heavy atom. The summed E-state index contributed by atoms with van der Waals surface area (Å²) in [5.74, 6) is 2.88. The molecule has 6 rings (SSSR count). The molecule has 0 aliphatic heterocycles. The minimum Gasteiger partial charge on any atom is -0.396 e. The van der Waals surface area contributed by atoms with E-state index >= 15 is 0 Å². The lowest BCUT2D eigenvalue weighted by Gasteiger charge is -2.57. The second kappa shape index (κ2) is 5.26. The van der Waals surface area contributed by atoms with Crippen LogP contribution >= 0.6 is 11.6 Å². The molecule has 24 heavy (non-hydrogen) atoms. The van der Waals surface area contributed by atoms with Gasteiger partial charge in [0.2, 0.25) is 0 Å². The quantitative estimate of drug-likeness (QED) is 0.884. The highest BCUT2D eigenvalue weighted by molar-refractivity contribution is 6.31. The van der Waals surface area contributed by atoms with E-state index in [2.05, 4.69) is 23.3 Å². The van der Waals surface area contributed by atoms with Crippen molar-refractivity contribution in [2.24, 2.45) is 17.8 Å². The van der Waals surface area contributed by atoms with Gasteiger partial charge in [-0.1, -0.05) is 23.7 Å². The molecule has 4 bridgehead atoms. The topological polar surface area (TPSA) is 43.8 Å². The molecule has 0 unspecified atom stereocenters. The number of nitrogen functional groups attached to an aromatic ring is 1. The molecule has 1 aromatic carbocycles. The third kappa shape index (κ3) is 2.36. The summed E-state index contributed by atoms with van der Waals surface area (Å²) < 4.78 is 1.85. The van der Waals surface area contributed by atoms with Crippen molar-refractivity contribution >= 4 is 17.3 Å². The van der Waals surface area contributed by atoms with Crippen molar-refractivity contribution in [3.05, 3.63) is 46.7 Å². The van der Waals surface area contributed by atoms with Gasteiger partial charge in [0.1, 0.15) is 0 Å². The Bertz CT molecular complexity index is 744. The minimum absolute atomic E-state index is 0.410. The Hall–Kier alpha value is -1.48. The maximum absolute atomic E-state index is 6.65. The Balaban J connectivity index is 1.44. The smallest absolute Gasteiger partial charge is 0.0719 e. The Kier molecular flexibility index (Phi) is 3.25. The third-order valence-corrected chi connectivity index (χ3v) is 7.04. The summed E-state index contributed by atoms with van der Waals surface area (Å²) in [6.45, 7) is 0.678. The maximum Gasteiger partial charge on any atom is 0.0719 e. The van der Waals surface area contributed by atoms with Crippen LogP contribution < -0.4 is 5.73 Å². The molecule has 0 radical (unpaired) electrons. The van der Waals surface area contributed by atoms with Gasteiger partial charge in [-0.3, -0.25) is 4.68 Å². The zero-order valence-corrected chi connectivity index (χ0v) is 14.7. The van der Waals surface area contributed by atoms with Crippen molar-refractivity contribution in [1.82, 2.24) is 9.78 Å². The molecule has 4 heteroatoms. The number of rotatable bonds is 3. The van der Waals surface area contributed by atoms with Gasteiger partial charge in [0, 0.05) is 11.2 Å². The number of benzene rings is 1. The third-order valence-electron chi connectivity index (χ3n) is 6.69. The predicted molar refractivity (Wildman–Crippen MR) is 97.0 cm³/mol. The normalized spacial score (nSPS) is 34.0. The molecule has 0 amide bonds. The van der Waals surface area contributed by atoms with Crippen LogP contribution in [-0.2, 0) is 12.0 Å². The van der Waals surface area contributed by atoms with Crippen molar-refractivity contribution in [2.75, 3.05) is 5.73 Å². The zero-order valence-electron chi connectivity index (χ0n) is 13.9. The van der Waals surface area contributed by atoms with Gasteiger partial charge in [0.25, 0.3) is 0 Å². The summed E-state index contributed by atoms with van der Waals surface area (Å²) in [5.41, 5.74) is 9.45. The number of halogens is 1. The molecular formula is C20H24ClN3. The monoisotopic (exact) mass is 341 g/mol. The summed E-state index contributed by atoms with van der Waals surface area (Å²) in [6, 6.07) is 6.78. The van der Waals surface area contributed by atoms with Gasteiger partial charge >= 0.3 is 0 Å². The van der Waals surface area contributed by atoms with Crippen molar-refractivity contribution in [3.8, 4) is 0 Å². The van der Waals surface area contributed by atoms with Gasteiger partial charge in [-0.25, -0.2) is 0 Å². The predicted octanol–water partition coefficient (Wildman–Crippen LogP) is 4.63. The molecule has 4 fully saturated rings. The summed E-state index contributed by atoms with van der Waals surface area (Å²) in [5, 5.41) is 5.13. The van der Waals surface area contributed by atoms with Gasteiger partial charge in [-0.15, -0.1) is 0 Å². The van der Waals surface area contributed by atoms with Gasteiger partial charge < -0.3 is 5.73 Å². The van der Waals surface area contributed by atoms with Crippen molar-refractivity contribution in [3.63, 3.8) is 0 Å². The van der Waals surface area contributed by atoms with Crippen molar-refractivity contribution in [1.29, 1.82) is 0 Å². The Morgan fingerprint density at radius 2 is 1.79 bits per heavy atom. The van der Waals surface area contributed by atoms with Gasteiger partial charge in [0.15, 0.2) is 0 Å². The highest BCUT2D eigenvalue weighted by atomic mass is 35.5. The maximum atomic E-state index is 6.65. The van der Waals surface area contributed by atoms with Gasteiger partial charge in [-0.2, -0.15) is 5.10 Å². The number of aromatic nitrogens is 2. The van der Waals surface area contributed by atoms with Crippen LogP contribution in [0.3, 0.4) is 0 Å². The fourth-order valence-electron chi connectivity index (χ4n) is 6.11. The SMILES string of the molecule is Nc1cnn(Cc2ccc(C34CC5CC(CC(C5)C3)C4)cc2Cl)c1. The molecule has 4 aliphatic carbocycles. The number of hydrogen-bond donors (Lipinski definition) is 1. The summed E-state index contributed by atoms with van der Waals surface area (Å²) in [4.78, 5) is 0. The molecule has 126 valence electrons. The number of hydrogen-bond acceptors (Lipinski definition) is 2. The summed E-state index contributed by atoms with van der Waals surface area (Å²) >= 11 is 6.65. The molecular weight excluding hydrogens is 318 g/mol. The first-order chi connectivity index (χ1) is 11.6. The zero-order chi connectivity index (χ0) is 16.3. The molecule has 0 spiro atoms. The molecule has 0 atom stereocenters. The van der Waals surface area contributed by atoms with Crippen LogP contribution in [0.15, 0.2) is 30.6 Å². The van der Waals surface area contributed by atoms with E-state index in [0.29, 0.717) is 17.6 Å². The minimum atomic E-state index is 0.410. The van der Waals surface area contributed by atoms with E-state index in [4.69, 9.17) is 17.3 Å². The van der Waals surface area contributed by atoms with Crippen LogP contribution in [0.4, 0.5) is 5.69 Å². The van der Waals surface area contributed by atoms with Crippen LogP contribution in [0.25, 0.3) is 0 Å². The molecule has 3 nitrogen and oxygen atoms in total. The fourth-order valence-corrected chi connectivity index (χ4v) is 6.35. The molecule has 0 saturated heterocycles. The standard InChI is InChI=1S/C20H24ClN3/c21-19-6-17(2-1-16(19)11-24-12-18(22)10-23-24)20-7-13-3-14(8-20)5-15(4-13)9-20/h1-2,6,10,12-15H,3-5,7-9,11,22H2. The molecule has 4 saturated carbocycles. The van der Waals surface area contributed by atoms with E-state index in [1.165, 1.54) is 44.1 Å². The first-order valence-corrected chi connectivity index (χ1v) is 9.54. The average Bonchev–Trinajstić information content (AvgIpc) is 2.93. The number of nitrogens with zero attached hydrogens (tertiary/aromatic N) is 2. The molecule has 1 aromatic heterocycles. The van der Waals surface area contributed by atoms with Crippen LogP contribution in [0.2, 0.25) is 5.02 Å². The van der Waals surface area contributed by atoms with E-state index in [-0.39, 0.29) is 0 Å². The Morgan fingerprint density at radius 3 is 2.33 bits per heavy atom. The molecule has 2 aromatic rings. The average molecular weight is 342 g/mol. The van der Waals surface area contributed by atoms with E-state index in [0.717, 1.165) is 28.3 Å². The Labute approximate surface area is 148 Å². The number of anilines is 1. The lowest BCUT2D eigenvalue weighted by molar-refractivity contribution is -0.00519. The van der Waals surface area contributed by atoms with E-state index in [1.54, 1.807) is 6.20 Å². The first-order valence-electron chi connectivity index (χ1n) is 9.16. The molecule has 1 heterocycles. The summed E-state index contributed by atoms with van der Waals surface area (Å²) in [6.07, 6.45) is 12.1. The highest BCUT2D eigenvalue weighted by Crippen LogP contribution is 2.60. The van der Waals surface area contributed by atoms with E-state index in [1.807, 2.05) is 10.9 Å². The number of nitrogens with two attached hydrogens (primary N) is 1. The highest BCUT2D eigenvalue weighted by Gasteiger charge is 2.51. The lowest BCUT2D eigenvalue weighted by Crippen LogP contribution is -2.48. The van der Waals surface area contributed by atoms with Crippen LogP contribution in [0.5, 0.6) is 0 Å². The second-order valence-electron chi connectivity index (χ2n) is 8.48. The van der Waals surface area contributed by atoms with Gasteiger partial charge in [-0.05, 0) is 78.9 Å². The first kappa shape index (κ1) is 14.8. The van der Waals surface area contributed by atoms with Crippen LogP contribution in [0, 0.1) is 17.8 Å². The van der Waals surface area contributed by atoms with Crippen molar-refractivity contribution < 1.29 is 0 Å². The fraction of sp³-hybridized carbons (Fsp3) is 0.550.